The summed E-state index contributed by atoms with van der Waals surface area (Å²) in [7, 11) is 0. The average Bonchev–Trinajstić information content (AvgIpc) is 2.42. The molecular formula is C15H16N2O2. The first-order valence-electron chi connectivity index (χ1n) is 6.00. The molecule has 2 N–H and O–H groups in total. The summed E-state index contributed by atoms with van der Waals surface area (Å²) in [6.45, 7) is 2.26. The number of anilines is 1. The number of aryl methyl sites for hydroxylation is 1. The van der Waals surface area contributed by atoms with Crippen LogP contribution in [0.1, 0.15) is 11.1 Å². The van der Waals surface area contributed by atoms with Crippen LogP contribution >= 0.6 is 0 Å². The Morgan fingerprint density at radius 2 is 1.74 bits per heavy atom. The Morgan fingerprint density at radius 3 is 2.32 bits per heavy atom. The molecule has 0 heterocycles. The molecule has 4 nitrogen and oxygen atoms in total. The van der Waals surface area contributed by atoms with Crippen LogP contribution in [0.15, 0.2) is 54.6 Å². The molecule has 0 radical (unpaired) electrons. The molecule has 19 heavy (non-hydrogen) atoms. The number of hydrogen-bond acceptors (Lipinski definition) is 2. The Bertz CT molecular complexity index is 538. The van der Waals surface area contributed by atoms with Gasteiger partial charge in [0.2, 0.25) is 0 Å². The Balaban J connectivity index is 2.09. The quantitative estimate of drug-likeness (QED) is 0.855. The highest BCUT2D eigenvalue weighted by molar-refractivity contribution is 5.88. The molecule has 0 aromatic heterocycles. The van der Waals surface area contributed by atoms with Gasteiger partial charge >= 0.3 is 6.03 Å². The number of nitrogens with two attached hydrogens (primary N) is 1. The molecule has 2 amide bonds. The van der Waals surface area contributed by atoms with Crippen LogP contribution in [0.3, 0.4) is 0 Å². The molecule has 0 aliphatic heterocycles. The molecule has 0 unspecified atom stereocenters. The van der Waals surface area contributed by atoms with Crippen LogP contribution in [0, 0.1) is 6.92 Å². The Kier molecular flexibility index (Phi) is 4.15. The highest BCUT2D eigenvalue weighted by Crippen LogP contribution is 2.16. The third-order valence-corrected chi connectivity index (χ3v) is 2.67. The number of hydroxylamine groups is 1. The van der Waals surface area contributed by atoms with Gasteiger partial charge in [-0.25, -0.2) is 4.79 Å². The van der Waals surface area contributed by atoms with Gasteiger partial charge in [-0.3, -0.25) is 4.84 Å². The molecule has 4 heteroatoms. The Labute approximate surface area is 112 Å². The van der Waals surface area contributed by atoms with Crippen molar-refractivity contribution in [3.05, 3.63) is 65.7 Å². The minimum absolute atomic E-state index is 0.289. The van der Waals surface area contributed by atoms with Crippen molar-refractivity contribution < 1.29 is 9.63 Å². The van der Waals surface area contributed by atoms with Gasteiger partial charge in [-0.15, -0.1) is 0 Å². The summed E-state index contributed by atoms with van der Waals surface area (Å²) in [5.41, 5.74) is 8.03. The minimum atomic E-state index is -0.639. The topological polar surface area (TPSA) is 55.6 Å². The smallest absolute Gasteiger partial charge is 0.343 e. The first kappa shape index (κ1) is 13.1. The van der Waals surface area contributed by atoms with Crippen LogP contribution in [0.4, 0.5) is 10.5 Å². The summed E-state index contributed by atoms with van der Waals surface area (Å²) in [4.78, 5) is 16.9. The highest BCUT2D eigenvalue weighted by Gasteiger charge is 2.13. The molecule has 0 spiro atoms. The SMILES string of the molecule is Cc1ccc(N(OCc2ccccc2)C(N)=O)cc1. The highest BCUT2D eigenvalue weighted by atomic mass is 16.7. The van der Waals surface area contributed by atoms with Crippen molar-refractivity contribution in [3.8, 4) is 0 Å². The maximum atomic E-state index is 11.4. The monoisotopic (exact) mass is 256 g/mol. The summed E-state index contributed by atoms with van der Waals surface area (Å²) >= 11 is 0. The van der Waals surface area contributed by atoms with Crippen molar-refractivity contribution in [2.45, 2.75) is 13.5 Å². The molecule has 0 atom stereocenters. The van der Waals surface area contributed by atoms with E-state index in [4.69, 9.17) is 10.6 Å². The number of rotatable bonds is 4. The van der Waals surface area contributed by atoms with E-state index in [1.165, 1.54) is 0 Å². The van der Waals surface area contributed by atoms with E-state index >= 15 is 0 Å². The fourth-order valence-electron chi connectivity index (χ4n) is 1.66. The average molecular weight is 256 g/mol. The number of hydrogen-bond donors (Lipinski definition) is 1. The maximum Gasteiger partial charge on any atom is 0.343 e. The molecule has 0 fully saturated rings. The lowest BCUT2D eigenvalue weighted by atomic mass is 10.2. The first-order valence-corrected chi connectivity index (χ1v) is 6.00. The second kappa shape index (κ2) is 6.02. The van der Waals surface area contributed by atoms with E-state index in [-0.39, 0.29) is 6.61 Å². The Morgan fingerprint density at radius 1 is 1.11 bits per heavy atom. The first-order chi connectivity index (χ1) is 9.16. The molecule has 0 saturated carbocycles. The molecule has 0 aliphatic carbocycles. The van der Waals surface area contributed by atoms with Crippen LogP contribution in [-0.2, 0) is 11.4 Å². The van der Waals surface area contributed by atoms with E-state index in [9.17, 15) is 4.79 Å². The number of amides is 2. The van der Waals surface area contributed by atoms with Crippen molar-refractivity contribution in [3.63, 3.8) is 0 Å². The lowest BCUT2D eigenvalue weighted by Crippen LogP contribution is -2.35. The lowest BCUT2D eigenvalue weighted by molar-refractivity contribution is 0.108. The van der Waals surface area contributed by atoms with Gasteiger partial charge in [-0.05, 0) is 24.6 Å². The second-order valence-electron chi connectivity index (χ2n) is 4.23. The summed E-state index contributed by atoms with van der Waals surface area (Å²) in [5, 5.41) is 1.10. The second-order valence-corrected chi connectivity index (χ2v) is 4.23. The molecule has 2 rings (SSSR count). The van der Waals surface area contributed by atoms with E-state index < -0.39 is 6.03 Å². The Hall–Kier alpha value is -2.33. The van der Waals surface area contributed by atoms with E-state index in [1.807, 2.05) is 49.4 Å². The number of primary amides is 1. The van der Waals surface area contributed by atoms with Crippen molar-refractivity contribution >= 4 is 11.7 Å². The van der Waals surface area contributed by atoms with E-state index in [0.29, 0.717) is 5.69 Å². The summed E-state index contributed by atoms with van der Waals surface area (Å²) in [6.07, 6.45) is 0. The minimum Gasteiger partial charge on any atom is -0.349 e. The van der Waals surface area contributed by atoms with Gasteiger partial charge in [-0.1, -0.05) is 48.0 Å². The predicted octanol–water partition coefficient (Wildman–Crippen LogP) is 3.01. The maximum absolute atomic E-state index is 11.4. The number of benzene rings is 2. The molecular weight excluding hydrogens is 240 g/mol. The van der Waals surface area contributed by atoms with Gasteiger partial charge in [0.25, 0.3) is 0 Å². The molecule has 0 bridgehead atoms. The zero-order chi connectivity index (χ0) is 13.7. The van der Waals surface area contributed by atoms with Crippen LogP contribution < -0.4 is 10.8 Å². The van der Waals surface area contributed by atoms with E-state index in [0.717, 1.165) is 16.2 Å². The van der Waals surface area contributed by atoms with Crippen molar-refractivity contribution in [1.82, 2.24) is 0 Å². The van der Waals surface area contributed by atoms with E-state index in [1.54, 1.807) is 12.1 Å². The standard InChI is InChI=1S/C15H16N2O2/c1-12-7-9-14(10-8-12)17(15(16)18)19-11-13-5-3-2-4-6-13/h2-10H,11H2,1H3,(H2,16,18). The number of nitrogens with zero attached hydrogens (tertiary/aromatic N) is 1. The largest absolute Gasteiger partial charge is 0.349 e. The summed E-state index contributed by atoms with van der Waals surface area (Å²) < 4.78 is 0. The summed E-state index contributed by atoms with van der Waals surface area (Å²) in [6, 6.07) is 16.4. The van der Waals surface area contributed by atoms with Gasteiger partial charge in [0.15, 0.2) is 0 Å². The van der Waals surface area contributed by atoms with Crippen molar-refractivity contribution in [2.75, 3.05) is 5.06 Å². The third-order valence-electron chi connectivity index (χ3n) is 2.67. The van der Waals surface area contributed by atoms with Crippen molar-refractivity contribution in [1.29, 1.82) is 0 Å². The number of carbonyl (C=O) groups is 1. The van der Waals surface area contributed by atoms with Crippen molar-refractivity contribution in [2.24, 2.45) is 5.73 Å². The fourth-order valence-corrected chi connectivity index (χ4v) is 1.66. The fraction of sp³-hybridized carbons (Fsp3) is 0.133. The van der Waals surface area contributed by atoms with Gasteiger partial charge in [-0.2, -0.15) is 5.06 Å². The molecule has 0 saturated heterocycles. The zero-order valence-electron chi connectivity index (χ0n) is 10.7. The van der Waals surface area contributed by atoms with E-state index in [2.05, 4.69) is 0 Å². The van der Waals surface area contributed by atoms with Gasteiger partial charge < -0.3 is 5.73 Å². The number of carbonyl (C=O) groups excluding carboxylic acids is 1. The summed E-state index contributed by atoms with van der Waals surface area (Å²) in [5.74, 6) is 0. The molecule has 98 valence electrons. The predicted molar refractivity (Wildman–Crippen MR) is 74.5 cm³/mol. The van der Waals surface area contributed by atoms with Gasteiger partial charge in [0.1, 0.15) is 6.61 Å². The van der Waals surface area contributed by atoms with Crippen LogP contribution in [0.5, 0.6) is 0 Å². The zero-order valence-corrected chi connectivity index (χ0v) is 10.7. The normalized spacial score (nSPS) is 10.2. The van der Waals surface area contributed by atoms with Gasteiger partial charge in [0.05, 0.1) is 5.69 Å². The number of urea groups is 1. The lowest BCUT2D eigenvalue weighted by Gasteiger charge is -2.19. The van der Waals surface area contributed by atoms with Gasteiger partial charge in [0, 0.05) is 0 Å². The van der Waals surface area contributed by atoms with Crippen LogP contribution in [-0.4, -0.2) is 6.03 Å². The van der Waals surface area contributed by atoms with Crippen LogP contribution in [0.25, 0.3) is 0 Å². The molecule has 2 aromatic rings. The molecule has 0 aliphatic rings. The van der Waals surface area contributed by atoms with Crippen LogP contribution in [0.2, 0.25) is 0 Å². The molecule has 2 aromatic carbocycles. The third kappa shape index (κ3) is 3.56.